The average Bonchev–Trinajstić information content (AvgIpc) is 2.65. The number of nitriles is 1. The van der Waals surface area contributed by atoms with Gasteiger partial charge in [-0.25, -0.2) is 4.79 Å². The standard InChI is InChI=1S/C22H23NO2/c1-2-3-4-16-9-10-18-13-19(22(24)25)11-12-20(18)21(16)17-7-5-15(14-23)6-8-17/h5-8,11-13,16,21H,2-4,9-10H2,1H3,(H,24,25). The van der Waals surface area contributed by atoms with Gasteiger partial charge in [-0.1, -0.05) is 38.0 Å². The van der Waals surface area contributed by atoms with Gasteiger partial charge in [-0.15, -0.1) is 0 Å². The first-order valence-corrected chi connectivity index (χ1v) is 9.00. The molecule has 1 aliphatic rings. The normalized spacial score (nSPS) is 19.0. The third kappa shape index (κ3) is 3.58. The van der Waals surface area contributed by atoms with Gasteiger partial charge in [0.05, 0.1) is 17.2 Å². The Morgan fingerprint density at radius 3 is 2.64 bits per heavy atom. The van der Waals surface area contributed by atoms with Crippen LogP contribution in [0.2, 0.25) is 0 Å². The molecule has 0 saturated heterocycles. The highest BCUT2D eigenvalue weighted by Gasteiger charge is 2.30. The fraction of sp³-hybridized carbons (Fsp3) is 0.364. The SMILES string of the molecule is CCCCC1CCc2cc(C(=O)O)ccc2C1c1ccc(C#N)cc1. The number of fused-ring (bicyclic) bond motifs is 1. The zero-order valence-electron chi connectivity index (χ0n) is 14.5. The van der Waals surface area contributed by atoms with Crippen LogP contribution >= 0.6 is 0 Å². The Bertz CT molecular complexity index is 802. The molecule has 1 aliphatic carbocycles. The van der Waals surface area contributed by atoms with E-state index in [9.17, 15) is 9.90 Å². The zero-order valence-corrected chi connectivity index (χ0v) is 14.5. The maximum atomic E-state index is 11.3. The van der Waals surface area contributed by atoms with E-state index < -0.39 is 5.97 Å². The topological polar surface area (TPSA) is 61.1 Å². The van der Waals surface area contributed by atoms with Crippen LogP contribution < -0.4 is 0 Å². The lowest BCUT2D eigenvalue weighted by Gasteiger charge is -2.34. The molecule has 3 nitrogen and oxygen atoms in total. The van der Waals surface area contributed by atoms with E-state index in [0.29, 0.717) is 17.0 Å². The molecule has 0 spiro atoms. The summed E-state index contributed by atoms with van der Waals surface area (Å²) >= 11 is 0. The summed E-state index contributed by atoms with van der Waals surface area (Å²) in [6.07, 6.45) is 5.60. The third-order valence-electron chi connectivity index (χ3n) is 5.31. The van der Waals surface area contributed by atoms with Crippen molar-refractivity contribution >= 4 is 5.97 Å². The van der Waals surface area contributed by atoms with Crippen molar-refractivity contribution in [3.05, 3.63) is 70.3 Å². The van der Waals surface area contributed by atoms with E-state index in [-0.39, 0.29) is 5.92 Å². The van der Waals surface area contributed by atoms with Crippen LogP contribution in [0.25, 0.3) is 0 Å². The molecule has 0 saturated carbocycles. The van der Waals surface area contributed by atoms with E-state index in [1.54, 1.807) is 6.07 Å². The molecule has 0 aliphatic heterocycles. The van der Waals surface area contributed by atoms with Crippen molar-refractivity contribution in [1.29, 1.82) is 5.26 Å². The number of aryl methyl sites for hydroxylation is 1. The van der Waals surface area contributed by atoms with E-state index in [4.69, 9.17) is 5.26 Å². The molecule has 0 heterocycles. The first kappa shape index (κ1) is 17.2. The summed E-state index contributed by atoms with van der Waals surface area (Å²) in [7, 11) is 0. The monoisotopic (exact) mass is 333 g/mol. The van der Waals surface area contributed by atoms with Crippen LogP contribution in [0, 0.1) is 17.2 Å². The van der Waals surface area contributed by atoms with Crippen LogP contribution in [-0.2, 0) is 6.42 Å². The van der Waals surface area contributed by atoms with Crippen LogP contribution in [0.4, 0.5) is 0 Å². The molecule has 3 rings (SSSR count). The number of benzene rings is 2. The minimum absolute atomic E-state index is 0.283. The van der Waals surface area contributed by atoms with Gasteiger partial charge >= 0.3 is 5.97 Å². The van der Waals surface area contributed by atoms with Crippen LogP contribution in [0.1, 0.15) is 71.1 Å². The highest BCUT2D eigenvalue weighted by molar-refractivity contribution is 5.88. The van der Waals surface area contributed by atoms with Gasteiger partial charge in [0, 0.05) is 5.92 Å². The lowest BCUT2D eigenvalue weighted by atomic mass is 9.70. The maximum Gasteiger partial charge on any atom is 0.335 e. The smallest absolute Gasteiger partial charge is 0.335 e. The number of hydrogen-bond donors (Lipinski definition) is 1. The highest BCUT2D eigenvalue weighted by Crippen LogP contribution is 2.43. The predicted octanol–water partition coefficient (Wildman–Crippen LogP) is 5.14. The van der Waals surface area contributed by atoms with Crippen molar-refractivity contribution in [2.24, 2.45) is 5.92 Å². The van der Waals surface area contributed by atoms with Crippen molar-refractivity contribution in [2.75, 3.05) is 0 Å². The molecule has 0 fully saturated rings. The van der Waals surface area contributed by atoms with E-state index in [0.717, 1.165) is 18.4 Å². The second-order valence-corrected chi connectivity index (χ2v) is 6.87. The Balaban J connectivity index is 2.02. The van der Waals surface area contributed by atoms with Crippen LogP contribution in [0.15, 0.2) is 42.5 Å². The van der Waals surface area contributed by atoms with Gasteiger partial charge < -0.3 is 5.11 Å². The molecule has 3 heteroatoms. The van der Waals surface area contributed by atoms with Crippen molar-refractivity contribution in [3.63, 3.8) is 0 Å². The molecule has 1 N–H and O–H groups in total. The number of carboxylic acid groups (broad SMARTS) is 1. The van der Waals surface area contributed by atoms with Gasteiger partial charge in [0.1, 0.15) is 0 Å². The second-order valence-electron chi connectivity index (χ2n) is 6.87. The van der Waals surface area contributed by atoms with Gasteiger partial charge in [-0.3, -0.25) is 0 Å². The summed E-state index contributed by atoms with van der Waals surface area (Å²) in [5.74, 6) is -0.0206. The molecule has 25 heavy (non-hydrogen) atoms. The summed E-state index contributed by atoms with van der Waals surface area (Å²) < 4.78 is 0. The zero-order chi connectivity index (χ0) is 17.8. The van der Waals surface area contributed by atoms with E-state index >= 15 is 0 Å². The van der Waals surface area contributed by atoms with Gasteiger partial charge in [-0.05, 0) is 66.1 Å². The minimum atomic E-state index is -0.870. The fourth-order valence-electron chi connectivity index (χ4n) is 4.01. The van der Waals surface area contributed by atoms with Gasteiger partial charge in [0.15, 0.2) is 0 Å². The maximum absolute atomic E-state index is 11.3. The van der Waals surface area contributed by atoms with Crippen molar-refractivity contribution in [3.8, 4) is 6.07 Å². The largest absolute Gasteiger partial charge is 0.478 e. The highest BCUT2D eigenvalue weighted by atomic mass is 16.4. The molecule has 2 aromatic carbocycles. The lowest BCUT2D eigenvalue weighted by Crippen LogP contribution is -2.22. The predicted molar refractivity (Wildman–Crippen MR) is 97.7 cm³/mol. The number of hydrogen-bond acceptors (Lipinski definition) is 2. The molecular formula is C22H23NO2. The summed E-state index contributed by atoms with van der Waals surface area (Å²) in [4.78, 5) is 11.3. The number of unbranched alkanes of at least 4 members (excludes halogenated alkanes) is 1. The lowest BCUT2D eigenvalue weighted by molar-refractivity contribution is 0.0696. The van der Waals surface area contributed by atoms with Crippen LogP contribution in [0.5, 0.6) is 0 Å². The summed E-state index contributed by atoms with van der Waals surface area (Å²) in [5.41, 5.74) is 4.67. The number of carbonyl (C=O) groups is 1. The molecule has 2 atom stereocenters. The number of carboxylic acids is 1. The number of aromatic carboxylic acids is 1. The molecule has 128 valence electrons. The first-order valence-electron chi connectivity index (χ1n) is 9.00. The van der Waals surface area contributed by atoms with Crippen LogP contribution in [-0.4, -0.2) is 11.1 Å². The molecule has 0 radical (unpaired) electrons. The fourth-order valence-corrected chi connectivity index (χ4v) is 4.01. The number of rotatable bonds is 5. The van der Waals surface area contributed by atoms with Gasteiger partial charge in [0.25, 0.3) is 0 Å². The Hall–Kier alpha value is -2.60. The summed E-state index contributed by atoms with van der Waals surface area (Å²) in [6, 6.07) is 15.6. The van der Waals surface area contributed by atoms with Crippen molar-refractivity contribution in [2.45, 2.75) is 44.9 Å². The number of nitrogens with zero attached hydrogens (tertiary/aromatic N) is 1. The first-order chi connectivity index (χ1) is 12.1. The Morgan fingerprint density at radius 1 is 1.24 bits per heavy atom. The van der Waals surface area contributed by atoms with Crippen molar-refractivity contribution < 1.29 is 9.90 Å². The Kier molecular flexibility index (Phi) is 5.19. The Labute approximate surface area is 148 Å². The molecular weight excluding hydrogens is 310 g/mol. The molecule has 0 amide bonds. The van der Waals surface area contributed by atoms with Crippen molar-refractivity contribution in [1.82, 2.24) is 0 Å². The van der Waals surface area contributed by atoms with Gasteiger partial charge in [-0.2, -0.15) is 5.26 Å². The second kappa shape index (κ2) is 7.53. The average molecular weight is 333 g/mol. The van der Waals surface area contributed by atoms with E-state index in [2.05, 4.69) is 25.1 Å². The van der Waals surface area contributed by atoms with E-state index in [1.807, 2.05) is 24.3 Å². The molecule has 0 aromatic heterocycles. The van der Waals surface area contributed by atoms with Crippen LogP contribution in [0.3, 0.4) is 0 Å². The quantitative estimate of drug-likeness (QED) is 0.824. The summed E-state index contributed by atoms with van der Waals surface area (Å²) in [6.45, 7) is 2.21. The van der Waals surface area contributed by atoms with E-state index in [1.165, 1.54) is 30.4 Å². The Morgan fingerprint density at radius 2 is 2.00 bits per heavy atom. The van der Waals surface area contributed by atoms with Gasteiger partial charge in [0.2, 0.25) is 0 Å². The minimum Gasteiger partial charge on any atom is -0.478 e. The molecule has 0 bridgehead atoms. The molecule has 2 aromatic rings. The molecule has 2 unspecified atom stereocenters. The third-order valence-corrected chi connectivity index (χ3v) is 5.31. The summed E-state index contributed by atoms with van der Waals surface area (Å²) in [5, 5.41) is 18.3.